The lowest BCUT2D eigenvalue weighted by Crippen LogP contribution is -2.51. The van der Waals surface area contributed by atoms with Gasteiger partial charge in [-0.3, -0.25) is 19.5 Å². The first-order valence-corrected chi connectivity index (χ1v) is 12.8. The number of para-hydroxylation sites is 1. The van der Waals surface area contributed by atoms with Crippen molar-refractivity contribution in [3.63, 3.8) is 0 Å². The summed E-state index contributed by atoms with van der Waals surface area (Å²) < 4.78 is 6.60. The summed E-state index contributed by atoms with van der Waals surface area (Å²) in [6.45, 7) is 7.64. The highest BCUT2D eigenvalue weighted by molar-refractivity contribution is 6.02. The second-order valence-corrected chi connectivity index (χ2v) is 9.68. The Morgan fingerprint density at radius 2 is 1.77 bits per heavy atom. The van der Waals surface area contributed by atoms with Crippen molar-refractivity contribution in [1.29, 1.82) is 0 Å². The van der Waals surface area contributed by atoms with Crippen LogP contribution in [0.3, 0.4) is 0 Å². The van der Waals surface area contributed by atoms with Gasteiger partial charge in [0.05, 0.1) is 17.7 Å². The third-order valence-corrected chi connectivity index (χ3v) is 6.48. The lowest BCUT2D eigenvalue weighted by atomic mass is 9.99. The summed E-state index contributed by atoms with van der Waals surface area (Å²) in [5.41, 5.74) is 2.14. The number of benzene rings is 2. The van der Waals surface area contributed by atoms with E-state index in [9.17, 15) is 14.4 Å². The van der Waals surface area contributed by atoms with Crippen LogP contribution in [0.25, 0.3) is 11.0 Å². The molecule has 39 heavy (non-hydrogen) atoms. The molecule has 1 N–H and O–H groups in total. The summed E-state index contributed by atoms with van der Waals surface area (Å²) in [6, 6.07) is 16.2. The van der Waals surface area contributed by atoms with E-state index in [0.717, 1.165) is 0 Å². The second-order valence-electron chi connectivity index (χ2n) is 9.68. The summed E-state index contributed by atoms with van der Waals surface area (Å²) in [5, 5.41) is 11.4. The van der Waals surface area contributed by atoms with Gasteiger partial charge in [-0.2, -0.15) is 0 Å². The van der Waals surface area contributed by atoms with Crippen LogP contribution >= 0.6 is 0 Å². The lowest BCUT2D eigenvalue weighted by molar-refractivity contribution is -0.128. The van der Waals surface area contributed by atoms with E-state index in [1.165, 1.54) is 9.58 Å². The molecular weight excluding hydrogens is 496 g/mol. The van der Waals surface area contributed by atoms with Crippen molar-refractivity contribution in [2.24, 2.45) is 0 Å². The summed E-state index contributed by atoms with van der Waals surface area (Å²) in [4.78, 5) is 45.8. The molecule has 0 aliphatic carbocycles. The Morgan fingerprint density at radius 1 is 1.03 bits per heavy atom. The molecule has 2 heterocycles. The minimum Gasteiger partial charge on any atom is -0.462 e. The van der Waals surface area contributed by atoms with Gasteiger partial charge in [0.1, 0.15) is 18.1 Å². The Bertz CT molecular complexity index is 1450. The molecule has 0 saturated heterocycles. The maximum absolute atomic E-state index is 14.1. The molecule has 0 aliphatic heterocycles. The third-order valence-electron chi connectivity index (χ3n) is 6.48. The largest absolute Gasteiger partial charge is 0.462 e. The Labute approximate surface area is 227 Å². The number of hydrogen-bond donors (Lipinski definition) is 1. The zero-order valence-electron chi connectivity index (χ0n) is 22.5. The van der Waals surface area contributed by atoms with Crippen LogP contribution in [0, 0.1) is 0 Å². The number of fused-ring (bicyclic) bond motifs is 1. The molecule has 202 valence electrons. The van der Waals surface area contributed by atoms with Gasteiger partial charge >= 0.3 is 5.97 Å². The number of hydrogen-bond acceptors (Lipinski definition) is 7. The van der Waals surface area contributed by atoms with E-state index in [2.05, 4.69) is 20.6 Å². The summed E-state index contributed by atoms with van der Waals surface area (Å²) in [7, 11) is 0. The first-order valence-electron chi connectivity index (χ1n) is 12.8. The topological polar surface area (TPSA) is 119 Å². The summed E-state index contributed by atoms with van der Waals surface area (Å²) in [6.07, 6.45) is 3.86. The van der Waals surface area contributed by atoms with Gasteiger partial charge in [0.2, 0.25) is 11.8 Å². The quantitative estimate of drug-likeness (QED) is 0.308. The van der Waals surface area contributed by atoms with Gasteiger partial charge in [0.25, 0.3) is 0 Å². The maximum Gasteiger partial charge on any atom is 0.338 e. The predicted octanol–water partition coefficient (Wildman–Crippen LogP) is 4.08. The molecule has 0 saturated carbocycles. The van der Waals surface area contributed by atoms with Gasteiger partial charge in [0, 0.05) is 29.2 Å². The first-order chi connectivity index (χ1) is 18.7. The molecule has 2 aromatic heterocycles. The molecule has 0 fully saturated rings. The minimum atomic E-state index is -1.04. The number of anilines is 1. The average Bonchev–Trinajstić information content (AvgIpc) is 3.34. The fourth-order valence-electron chi connectivity index (χ4n) is 4.09. The molecule has 0 bridgehead atoms. The van der Waals surface area contributed by atoms with Gasteiger partial charge in [0.15, 0.2) is 0 Å². The predicted molar refractivity (Wildman–Crippen MR) is 147 cm³/mol. The van der Waals surface area contributed by atoms with Crippen LogP contribution in [0.5, 0.6) is 0 Å². The third kappa shape index (κ3) is 6.28. The number of esters is 1. The second kappa shape index (κ2) is 11.8. The molecule has 0 aliphatic rings. The molecule has 4 rings (SSSR count). The minimum absolute atomic E-state index is 0.165. The number of ether oxygens (including phenoxy) is 1. The lowest BCUT2D eigenvalue weighted by Gasteiger charge is -2.34. The van der Waals surface area contributed by atoms with Crippen molar-refractivity contribution in [2.45, 2.75) is 52.2 Å². The van der Waals surface area contributed by atoms with Crippen LogP contribution in [-0.2, 0) is 20.9 Å². The van der Waals surface area contributed by atoms with Crippen LogP contribution in [0.15, 0.2) is 73.1 Å². The number of nitrogens with one attached hydrogen (secondary N) is 1. The van der Waals surface area contributed by atoms with Gasteiger partial charge < -0.3 is 10.1 Å². The Kier molecular flexibility index (Phi) is 8.33. The van der Waals surface area contributed by atoms with Gasteiger partial charge in [-0.05, 0) is 69.7 Å². The van der Waals surface area contributed by atoms with Crippen molar-refractivity contribution < 1.29 is 19.1 Å². The fourth-order valence-corrected chi connectivity index (χ4v) is 4.09. The molecule has 10 heteroatoms. The van der Waals surface area contributed by atoms with Gasteiger partial charge in [-0.15, -0.1) is 5.10 Å². The number of carbonyl (C=O) groups is 3. The van der Waals surface area contributed by atoms with Gasteiger partial charge in [-0.25, -0.2) is 9.48 Å². The van der Waals surface area contributed by atoms with Gasteiger partial charge in [-0.1, -0.05) is 30.3 Å². The average molecular weight is 529 g/mol. The number of nitrogens with zero attached hydrogens (tertiary/aromatic N) is 5. The molecule has 4 aromatic rings. The van der Waals surface area contributed by atoms with Crippen LogP contribution in [0.2, 0.25) is 0 Å². The summed E-state index contributed by atoms with van der Waals surface area (Å²) in [5.74, 6) is -1.23. The number of amides is 2. The number of carbonyl (C=O) groups excluding carboxylic acids is 3. The van der Waals surface area contributed by atoms with E-state index in [4.69, 9.17) is 4.74 Å². The molecule has 0 radical (unpaired) electrons. The Morgan fingerprint density at radius 3 is 2.44 bits per heavy atom. The molecular formula is C29H32N6O4. The van der Waals surface area contributed by atoms with E-state index < -0.39 is 23.5 Å². The number of aromatic nitrogens is 4. The highest BCUT2D eigenvalue weighted by atomic mass is 16.5. The smallest absolute Gasteiger partial charge is 0.338 e. The van der Waals surface area contributed by atoms with E-state index in [1.807, 2.05) is 45.0 Å². The van der Waals surface area contributed by atoms with Crippen molar-refractivity contribution in [3.05, 3.63) is 84.2 Å². The molecule has 2 amide bonds. The molecule has 2 aromatic carbocycles. The van der Waals surface area contributed by atoms with Crippen LogP contribution in [-0.4, -0.2) is 49.9 Å². The molecule has 0 unspecified atom stereocenters. The summed E-state index contributed by atoms with van der Waals surface area (Å²) >= 11 is 0. The molecule has 0 spiro atoms. The zero-order chi connectivity index (χ0) is 28.0. The van der Waals surface area contributed by atoms with E-state index in [-0.39, 0.29) is 19.1 Å². The van der Waals surface area contributed by atoms with Crippen LogP contribution in [0.1, 0.15) is 56.1 Å². The van der Waals surface area contributed by atoms with Crippen LogP contribution in [0.4, 0.5) is 5.69 Å². The molecule has 10 nitrogen and oxygen atoms in total. The van der Waals surface area contributed by atoms with Crippen LogP contribution < -0.4 is 10.2 Å². The zero-order valence-corrected chi connectivity index (χ0v) is 22.5. The first kappa shape index (κ1) is 27.4. The monoisotopic (exact) mass is 528 g/mol. The number of pyridine rings is 1. The SMILES string of the molecule is CCOC(=O)c1ccc(N(C(=O)Cn2nnc3ccccc32)[C@H](C(=O)NC(C)(C)CC)c2cccnc2)cc1. The highest BCUT2D eigenvalue weighted by Gasteiger charge is 2.35. The van der Waals surface area contributed by atoms with Crippen molar-refractivity contribution in [1.82, 2.24) is 25.3 Å². The Balaban J connectivity index is 1.80. The maximum atomic E-state index is 14.1. The fraction of sp³-hybridized carbons (Fsp3) is 0.310. The van der Waals surface area contributed by atoms with Crippen molar-refractivity contribution in [2.75, 3.05) is 11.5 Å². The van der Waals surface area contributed by atoms with E-state index in [0.29, 0.717) is 34.3 Å². The van der Waals surface area contributed by atoms with E-state index in [1.54, 1.807) is 55.7 Å². The number of rotatable bonds is 10. The molecule has 1 atom stereocenters. The standard InChI is InChI=1S/C29H32N6O4/c1-5-29(3,4)31-27(37)26(21-10-9-17-30-18-21)35(22-15-13-20(14-16-22)28(38)39-6-2)25(36)19-34-24-12-8-7-11-23(24)32-33-34/h7-18,26H,5-6,19H2,1-4H3,(H,31,37)/t26-/m0/s1. The Hall–Kier alpha value is -4.60. The van der Waals surface area contributed by atoms with E-state index >= 15 is 0 Å². The van der Waals surface area contributed by atoms with Crippen molar-refractivity contribution in [3.8, 4) is 0 Å². The highest BCUT2D eigenvalue weighted by Crippen LogP contribution is 2.30. The van der Waals surface area contributed by atoms with Crippen molar-refractivity contribution >= 4 is 34.5 Å². The normalized spacial score (nSPS) is 12.1.